The molecule has 0 unspecified atom stereocenters. The molecule has 8 heteroatoms. The molecule has 2 aromatic rings. The standard InChI is InChI=1S/C20H27N7O/c1-27(18-10-8-17(22)9-11-18)12-2-3-19(28)24-13-15-4-6-16(7-5-15)20(23)26-25-14-21/h4-11,14H,2-3,12-13,22H2,1H3,(H2,21,25)(H2,23,26)(H,24,28). The Bertz CT molecular complexity index is 813. The summed E-state index contributed by atoms with van der Waals surface area (Å²) in [6, 6.07) is 15.1. The molecule has 28 heavy (non-hydrogen) atoms. The molecule has 0 fully saturated rings. The van der Waals surface area contributed by atoms with E-state index < -0.39 is 0 Å². The van der Waals surface area contributed by atoms with Crippen LogP contribution in [-0.2, 0) is 11.3 Å². The van der Waals surface area contributed by atoms with Crippen molar-refractivity contribution in [1.82, 2.24) is 5.32 Å². The smallest absolute Gasteiger partial charge is 0.220 e. The van der Waals surface area contributed by atoms with E-state index in [1.165, 1.54) is 0 Å². The van der Waals surface area contributed by atoms with Gasteiger partial charge in [-0.05, 0) is 36.2 Å². The van der Waals surface area contributed by atoms with Crippen molar-refractivity contribution in [3.8, 4) is 0 Å². The lowest BCUT2D eigenvalue weighted by molar-refractivity contribution is -0.121. The van der Waals surface area contributed by atoms with Gasteiger partial charge < -0.3 is 27.4 Å². The number of carbonyl (C=O) groups is 1. The van der Waals surface area contributed by atoms with E-state index in [0.717, 1.165) is 41.8 Å². The van der Waals surface area contributed by atoms with E-state index in [4.69, 9.17) is 17.2 Å². The molecule has 0 aliphatic rings. The van der Waals surface area contributed by atoms with Gasteiger partial charge in [0.1, 0.15) is 6.34 Å². The lowest BCUT2D eigenvalue weighted by atomic mass is 10.1. The first-order valence-corrected chi connectivity index (χ1v) is 8.99. The van der Waals surface area contributed by atoms with Crippen molar-refractivity contribution in [2.75, 3.05) is 24.2 Å². The number of benzene rings is 2. The minimum Gasteiger partial charge on any atom is -0.399 e. The normalized spacial score (nSPS) is 11.5. The molecule has 8 nitrogen and oxygen atoms in total. The number of rotatable bonds is 9. The topological polar surface area (TPSA) is 135 Å². The molecule has 0 saturated heterocycles. The second kappa shape index (κ2) is 10.6. The molecule has 0 saturated carbocycles. The number of anilines is 2. The van der Waals surface area contributed by atoms with Crippen LogP contribution in [0.15, 0.2) is 58.7 Å². The molecule has 0 heterocycles. The molecule has 0 radical (unpaired) electrons. The maximum absolute atomic E-state index is 12.1. The van der Waals surface area contributed by atoms with Crippen molar-refractivity contribution >= 4 is 29.5 Å². The number of carbonyl (C=O) groups excluding carboxylic acids is 1. The van der Waals surface area contributed by atoms with Crippen LogP contribution in [0.25, 0.3) is 0 Å². The van der Waals surface area contributed by atoms with Crippen LogP contribution in [0.1, 0.15) is 24.0 Å². The SMILES string of the molecule is CN(CCCC(=O)NCc1ccc(/C(N)=N/N=C\N)cc1)c1ccc(N)cc1. The average Bonchev–Trinajstić information content (AvgIpc) is 2.71. The Kier molecular flexibility index (Phi) is 7.83. The van der Waals surface area contributed by atoms with Crippen molar-refractivity contribution in [3.63, 3.8) is 0 Å². The van der Waals surface area contributed by atoms with Crippen molar-refractivity contribution < 1.29 is 4.79 Å². The van der Waals surface area contributed by atoms with Crippen molar-refractivity contribution in [3.05, 3.63) is 59.7 Å². The van der Waals surface area contributed by atoms with E-state index in [1.807, 2.05) is 55.6 Å². The second-order valence-corrected chi connectivity index (χ2v) is 6.34. The fourth-order valence-corrected chi connectivity index (χ4v) is 2.57. The van der Waals surface area contributed by atoms with Gasteiger partial charge in [-0.15, -0.1) is 10.2 Å². The highest BCUT2D eigenvalue weighted by Crippen LogP contribution is 2.15. The van der Waals surface area contributed by atoms with Crippen LogP contribution >= 0.6 is 0 Å². The monoisotopic (exact) mass is 381 g/mol. The van der Waals surface area contributed by atoms with E-state index in [-0.39, 0.29) is 11.7 Å². The molecule has 2 aromatic carbocycles. The molecule has 0 aliphatic carbocycles. The number of nitrogens with one attached hydrogen (secondary N) is 1. The predicted octanol–water partition coefficient (Wildman–Crippen LogP) is 1.41. The zero-order valence-electron chi connectivity index (χ0n) is 16.0. The van der Waals surface area contributed by atoms with Gasteiger partial charge in [-0.1, -0.05) is 24.3 Å². The van der Waals surface area contributed by atoms with Crippen LogP contribution in [-0.4, -0.2) is 31.7 Å². The first-order valence-electron chi connectivity index (χ1n) is 8.99. The van der Waals surface area contributed by atoms with Crippen LogP contribution in [0.2, 0.25) is 0 Å². The van der Waals surface area contributed by atoms with E-state index in [2.05, 4.69) is 20.4 Å². The lowest BCUT2D eigenvalue weighted by Gasteiger charge is -2.19. The molecule has 0 atom stereocenters. The molecule has 7 N–H and O–H groups in total. The Morgan fingerprint density at radius 3 is 2.46 bits per heavy atom. The number of nitrogen functional groups attached to an aromatic ring is 1. The summed E-state index contributed by atoms with van der Waals surface area (Å²) in [5.74, 6) is 0.302. The molecular formula is C20H27N7O. The summed E-state index contributed by atoms with van der Waals surface area (Å²) in [4.78, 5) is 14.2. The number of hydrogen-bond acceptors (Lipinski definition) is 5. The summed E-state index contributed by atoms with van der Waals surface area (Å²) in [7, 11) is 2.00. The van der Waals surface area contributed by atoms with Crippen LogP contribution in [0.4, 0.5) is 11.4 Å². The molecular weight excluding hydrogens is 354 g/mol. The Hall–Kier alpha value is -3.55. The third-order valence-electron chi connectivity index (χ3n) is 4.20. The number of amides is 1. The number of hydrogen-bond donors (Lipinski definition) is 4. The van der Waals surface area contributed by atoms with Crippen LogP contribution in [0.3, 0.4) is 0 Å². The summed E-state index contributed by atoms with van der Waals surface area (Å²) in [5, 5.41) is 10.2. The Labute approximate surface area is 165 Å². The van der Waals surface area contributed by atoms with Gasteiger partial charge in [-0.2, -0.15) is 0 Å². The highest BCUT2D eigenvalue weighted by atomic mass is 16.1. The Morgan fingerprint density at radius 2 is 1.82 bits per heavy atom. The zero-order valence-corrected chi connectivity index (χ0v) is 16.0. The maximum Gasteiger partial charge on any atom is 0.220 e. The molecule has 0 spiro atoms. The molecule has 2 rings (SSSR count). The van der Waals surface area contributed by atoms with Gasteiger partial charge in [0, 0.05) is 43.5 Å². The number of nitrogens with zero attached hydrogens (tertiary/aromatic N) is 3. The Balaban J connectivity index is 1.72. The predicted molar refractivity (Wildman–Crippen MR) is 115 cm³/mol. The third-order valence-corrected chi connectivity index (χ3v) is 4.20. The van der Waals surface area contributed by atoms with Gasteiger partial charge in [0.25, 0.3) is 0 Å². The van der Waals surface area contributed by atoms with Crippen LogP contribution in [0, 0.1) is 0 Å². The summed E-state index contributed by atoms with van der Waals surface area (Å²) in [5.41, 5.74) is 20.1. The van der Waals surface area contributed by atoms with Crippen molar-refractivity contribution in [2.45, 2.75) is 19.4 Å². The first-order chi connectivity index (χ1) is 13.5. The van der Waals surface area contributed by atoms with Crippen molar-refractivity contribution in [2.24, 2.45) is 21.7 Å². The van der Waals surface area contributed by atoms with Gasteiger partial charge in [0.2, 0.25) is 5.91 Å². The number of amidine groups is 1. The number of nitrogens with two attached hydrogens (primary N) is 3. The van der Waals surface area contributed by atoms with Gasteiger partial charge in [0.05, 0.1) is 0 Å². The zero-order chi connectivity index (χ0) is 20.4. The molecule has 0 bridgehead atoms. The van der Waals surface area contributed by atoms with E-state index in [1.54, 1.807) is 0 Å². The Morgan fingerprint density at radius 1 is 1.14 bits per heavy atom. The van der Waals surface area contributed by atoms with E-state index in [9.17, 15) is 4.79 Å². The first kappa shape index (κ1) is 20.8. The molecule has 1 amide bonds. The fourth-order valence-electron chi connectivity index (χ4n) is 2.57. The molecule has 0 aromatic heterocycles. The minimum absolute atomic E-state index is 0.0214. The lowest BCUT2D eigenvalue weighted by Crippen LogP contribution is -2.25. The molecule has 148 valence electrons. The quantitative estimate of drug-likeness (QED) is 0.225. The van der Waals surface area contributed by atoms with E-state index in [0.29, 0.717) is 13.0 Å². The highest BCUT2D eigenvalue weighted by Gasteiger charge is 2.05. The van der Waals surface area contributed by atoms with Gasteiger partial charge in [-0.3, -0.25) is 4.79 Å². The summed E-state index contributed by atoms with van der Waals surface area (Å²) in [6.45, 7) is 1.25. The fraction of sp³-hybridized carbons (Fsp3) is 0.250. The second-order valence-electron chi connectivity index (χ2n) is 6.34. The summed E-state index contributed by atoms with van der Waals surface area (Å²) in [6.07, 6.45) is 2.30. The minimum atomic E-state index is 0.0214. The van der Waals surface area contributed by atoms with Gasteiger partial charge in [-0.25, -0.2) is 0 Å². The van der Waals surface area contributed by atoms with Crippen LogP contribution < -0.4 is 27.4 Å². The third kappa shape index (κ3) is 6.64. The van der Waals surface area contributed by atoms with Crippen molar-refractivity contribution in [1.29, 1.82) is 0 Å². The van der Waals surface area contributed by atoms with Crippen LogP contribution in [0.5, 0.6) is 0 Å². The average molecular weight is 381 g/mol. The van der Waals surface area contributed by atoms with Gasteiger partial charge >= 0.3 is 0 Å². The van der Waals surface area contributed by atoms with E-state index >= 15 is 0 Å². The summed E-state index contributed by atoms with van der Waals surface area (Å²) >= 11 is 0. The summed E-state index contributed by atoms with van der Waals surface area (Å²) < 4.78 is 0. The molecule has 0 aliphatic heterocycles. The largest absolute Gasteiger partial charge is 0.399 e. The maximum atomic E-state index is 12.1. The highest BCUT2D eigenvalue weighted by molar-refractivity contribution is 5.97. The van der Waals surface area contributed by atoms with Gasteiger partial charge in [0.15, 0.2) is 5.84 Å².